The molecule has 0 saturated heterocycles. The lowest BCUT2D eigenvalue weighted by atomic mass is 9.90. The maximum atomic E-state index is 6.38. The second-order valence-electron chi connectivity index (χ2n) is 9.41. The number of rotatable bonds is 11. The van der Waals surface area contributed by atoms with Crippen molar-refractivity contribution in [2.45, 2.75) is 117 Å². The Bertz CT molecular complexity index is 513. The van der Waals surface area contributed by atoms with E-state index in [4.69, 9.17) is 4.74 Å². The number of imidazole rings is 1. The lowest BCUT2D eigenvalue weighted by Gasteiger charge is -2.42. The third-order valence-corrected chi connectivity index (χ3v) is 6.25. The summed E-state index contributed by atoms with van der Waals surface area (Å²) in [5.41, 5.74) is 1.21. The standard InChI is InChI=1S/C23H44N4O/c1-17(2)26(13-12-21-14-24-16-25-21)20(7)15-28-23-10-8-22(9-11-23)27(18(3)4)19(5)6/h14,16-20,22-23H,8-13,15H2,1-7H3,(H,24,25). The molecular weight excluding hydrogens is 348 g/mol. The molecule has 1 saturated carbocycles. The predicted molar refractivity (Wildman–Crippen MR) is 118 cm³/mol. The van der Waals surface area contributed by atoms with Crippen molar-refractivity contribution in [3.8, 4) is 0 Å². The van der Waals surface area contributed by atoms with E-state index in [9.17, 15) is 0 Å². The van der Waals surface area contributed by atoms with Gasteiger partial charge in [-0.05, 0) is 74.1 Å². The van der Waals surface area contributed by atoms with Gasteiger partial charge in [-0.3, -0.25) is 9.80 Å². The topological polar surface area (TPSA) is 44.4 Å². The molecule has 1 aliphatic carbocycles. The van der Waals surface area contributed by atoms with E-state index in [0.29, 0.717) is 30.3 Å². The summed E-state index contributed by atoms with van der Waals surface area (Å²) in [6, 6.07) is 2.92. The highest BCUT2D eigenvalue weighted by Gasteiger charge is 2.29. The number of ether oxygens (including phenoxy) is 1. The Morgan fingerprint density at radius 3 is 2.14 bits per heavy atom. The highest BCUT2D eigenvalue weighted by Crippen LogP contribution is 2.28. The van der Waals surface area contributed by atoms with E-state index < -0.39 is 0 Å². The van der Waals surface area contributed by atoms with Crippen molar-refractivity contribution in [3.63, 3.8) is 0 Å². The minimum Gasteiger partial charge on any atom is -0.377 e. The molecule has 1 atom stereocenters. The Kier molecular flexibility index (Phi) is 9.45. The molecule has 0 aliphatic heterocycles. The SMILES string of the molecule is CC(C)N(CCc1cnc[nH]1)C(C)COC1CCC(N(C(C)C)C(C)C)CC1. The van der Waals surface area contributed by atoms with Gasteiger partial charge in [0, 0.05) is 55.1 Å². The highest BCUT2D eigenvalue weighted by atomic mass is 16.5. The van der Waals surface area contributed by atoms with Gasteiger partial charge in [-0.15, -0.1) is 0 Å². The van der Waals surface area contributed by atoms with Crippen LogP contribution in [0.3, 0.4) is 0 Å². The van der Waals surface area contributed by atoms with E-state index in [1.165, 1.54) is 31.4 Å². The molecule has 1 aromatic rings. The zero-order valence-electron chi connectivity index (χ0n) is 19.3. The van der Waals surface area contributed by atoms with Crippen LogP contribution in [0.2, 0.25) is 0 Å². The molecule has 1 aromatic heterocycles. The summed E-state index contributed by atoms with van der Waals surface area (Å²) in [5, 5.41) is 0. The van der Waals surface area contributed by atoms with Gasteiger partial charge in [0.15, 0.2) is 0 Å². The van der Waals surface area contributed by atoms with Crippen LogP contribution in [0.4, 0.5) is 0 Å². The number of aromatic nitrogens is 2. The third-order valence-electron chi connectivity index (χ3n) is 6.25. The summed E-state index contributed by atoms with van der Waals surface area (Å²) in [6.07, 6.45) is 10.1. The zero-order chi connectivity index (χ0) is 20.7. The molecule has 1 heterocycles. The number of nitrogens with zero attached hydrogens (tertiary/aromatic N) is 3. The molecule has 5 nitrogen and oxygen atoms in total. The normalized spacial score (nSPS) is 22.1. The summed E-state index contributed by atoms with van der Waals surface area (Å²) < 4.78 is 6.38. The van der Waals surface area contributed by atoms with Gasteiger partial charge in [-0.25, -0.2) is 4.98 Å². The number of hydrogen-bond acceptors (Lipinski definition) is 4. The Balaban J connectivity index is 1.76. The van der Waals surface area contributed by atoms with Crippen molar-refractivity contribution >= 4 is 0 Å². The first-order chi connectivity index (χ1) is 13.3. The first-order valence-electron chi connectivity index (χ1n) is 11.4. The second-order valence-corrected chi connectivity index (χ2v) is 9.41. The summed E-state index contributed by atoms with van der Waals surface area (Å²) >= 11 is 0. The average molecular weight is 393 g/mol. The van der Waals surface area contributed by atoms with Crippen LogP contribution in [0.25, 0.3) is 0 Å². The molecule has 0 bridgehead atoms. The maximum absolute atomic E-state index is 6.38. The van der Waals surface area contributed by atoms with Gasteiger partial charge < -0.3 is 9.72 Å². The average Bonchev–Trinajstić information content (AvgIpc) is 3.14. The fraction of sp³-hybridized carbons (Fsp3) is 0.870. The molecule has 1 fully saturated rings. The van der Waals surface area contributed by atoms with Crippen LogP contribution in [0.5, 0.6) is 0 Å². The zero-order valence-corrected chi connectivity index (χ0v) is 19.3. The summed E-state index contributed by atoms with van der Waals surface area (Å²) in [7, 11) is 0. The van der Waals surface area contributed by atoms with Gasteiger partial charge in [-0.2, -0.15) is 0 Å². The molecule has 2 rings (SSSR count). The molecule has 0 aromatic carbocycles. The predicted octanol–water partition coefficient (Wildman–Crippen LogP) is 4.50. The van der Waals surface area contributed by atoms with Gasteiger partial charge in [0.1, 0.15) is 0 Å². The van der Waals surface area contributed by atoms with Crippen LogP contribution >= 0.6 is 0 Å². The van der Waals surface area contributed by atoms with E-state index in [0.717, 1.165) is 25.6 Å². The number of aromatic amines is 1. The van der Waals surface area contributed by atoms with Gasteiger partial charge in [0.2, 0.25) is 0 Å². The quantitative estimate of drug-likeness (QED) is 0.602. The largest absolute Gasteiger partial charge is 0.377 e. The monoisotopic (exact) mass is 392 g/mol. The van der Waals surface area contributed by atoms with Crippen LogP contribution in [0.15, 0.2) is 12.5 Å². The lowest BCUT2D eigenvalue weighted by Crippen LogP contribution is -2.47. The van der Waals surface area contributed by atoms with Crippen LogP contribution < -0.4 is 0 Å². The van der Waals surface area contributed by atoms with Crippen LogP contribution in [0, 0.1) is 0 Å². The molecule has 5 heteroatoms. The number of H-pyrrole nitrogens is 1. The minimum absolute atomic E-state index is 0.432. The molecule has 0 spiro atoms. The van der Waals surface area contributed by atoms with Crippen LogP contribution in [-0.2, 0) is 11.2 Å². The number of hydrogen-bond donors (Lipinski definition) is 1. The fourth-order valence-corrected chi connectivity index (χ4v) is 4.98. The summed E-state index contributed by atoms with van der Waals surface area (Å²) in [4.78, 5) is 12.6. The maximum Gasteiger partial charge on any atom is 0.0921 e. The molecule has 1 N–H and O–H groups in total. The molecular formula is C23H44N4O. The highest BCUT2D eigenvalue weighted by molar-refractivity contribution is 4.95. The van der Waals surface area contributed by atoms with Crippen molar-refractivity contribution in [1.82, 2.24) is 19.8 Å². The van der Waals surface area contributed by atoms with Crippen molar-refractivity contribution in [3.05, 3.63) is 18.2 Å². The second kappa shape index (κ2) is 11.3. The third kappa shape index (κ3) is 6.85. The van der Waals surface area contributed by atoms with Gasteiger partial charge >= 0.3 is 0 Å². The van der Waals surface area contributed by atoms with E-state index in [2.05, 4.69) is 68.2 Å². The summed E-state index contributed by atoms with van der Waals surface area (Å²) in [5.74, 6) is 0. The first-order valence-corrected chi connectivity index (χ1v) is 11.4. The Morgan fingerprint density at radius 2 is 1.64 bits per heavy atom. The van der Waals surface area contributed by atoms with Crippen molar-refractivity contribution < 1.29 is 4.74 Å². The van der Waals surface area contributed by atoms with Gasteiger partial charge in [0.05, 0.1) is 19.0 Å². The Hall–Kier alpha value is -0.910. The number of nitrogens with one attached hydrogen (secondary N) is 1. The van der Waals surface area contributed by atoms with Crippen molar-refractivity contribution in [1.29, 1.82) is 0 Å². The summed E-state index contributed by atoms with van der Waals surface area (Å²) in [6.45, 7) is 18.0. The van der Waals surface area contributed by atoms with Gasteiger partial charge in [-0.1, -0.05) is 0 Å². The molecule has 28 heavy (non-hydrogen) atoms. The van der Waals surface area contributed by atoms with Crippen molar-refractivity contribution in [2.75, 3.05) is 13.2 Å². The fourth-order valence-electron chi connectivity index (χ4n) is 4.98. The molecule has 0 radical (unpaired) electrons. The molecule has 1 unspecified atom stereocenters. The van der Waals surface area contributed by atoms with E-state index in [-0.39, 0.29) is 0 Å². The Morgan fingerprint density at radius 1 is 1.00 bits per heavy atom. The van der Waals surface area contributed by atoms with Crippen molar-refractivity contribution in [2.24, 2.45) is 0 Å². The molecule has 1 aliphatic rings. The van der Waals surface area contributed by atoms with E-state index >= 15 is 0 Å². The van der Waals surface area contributed by atoms with Gasteiger partial charge in [0.25, 0.3) is 0 Å². The molecule has 0 amide bonds. The van der Waals surface area contributed by atoms with Crippen LogP contribution in [-0.4, -0.2) is 69.2 Å². The smallest absolute Gasteiger partial charge is 0.0921 e. The van der Waals surface area contributed by atoms with Crippen LogP contribution in [0.1, 0.15) is 79.8 Å². The van der Waals surface area contributed by atoms with E-state index in [1.807, 2.05) is 6.20 Å². The van der Waals surface area contributed by atoms with E-state index in [1.54, 1.807) is 6.33 Å². The minimum atomic E-state index is 0.432. The Labute approximate surface area is 173 Å². The molecule has 162 valence electrons. The first kappa shape index (κ1) is 23.4. The lowest BCUT2D eigenvalue weighted by molar-refractivity contribution is -0.0292.